The smallest absolute Gasteiger partial charge is 0.121 e. The summed E-state index contributed by atoms with van der Waals surface area (Å²) in [6.45, 7) is 4.88. The second-order valence-electron chi connectivity index (χ2n) is 3.88. The Morgan fingerprint density at radius 3 is 2.76 bits per heavy atom. The van der Waals surface area contributed by atoms with Gasteiger partial charge in [0.1, 0.15) is 5.75 Å². The molecule has 0 aliphatic carbocycles. The standard InChI is InChI=1S/C13H16N2OS/c1-9-6-11(4-5-13(9)16-3)15-8-12-7-14-10(2)17-12/h4-7,15H,8H2,1-3H3. The minimum Gasteiger partial charge on any atom is -0.496 e. The second-order valence-corrected chi connectivity index (χ2v) is 5.20. The maximum absolute atomic E-state index is 5.23. The number of rotatable bonds is 4. The number of hydrogen-bond acceptors (Lipinski definition) is 4. The molecular formula is C13H16N2OS. The average Bonchev–Trinajstić information content (AvgIpc) is 2.73. The third-order valence-electron chi connectivity index (χ3n) is 2.53. The van der Waals surface area contributed by atoms with E-state index in [4.69, 9.17) is 4.74 Å². The van der Waals surface area contributed by atoms with Gasteiger partial charge in [-0.2, -0.15) is 0 Å². The molecule has 0 unspecified atom stereocenters. The summed E-state index contributed by atoms with van der Waals surface area (Å²) in [4.78, 5) is 5.48. The van der Waals surface area contributed by atoms with Gasteiger partial charge in [0.2, 0.25) is 0 Å². The first kappa shape index (κ1) is 11.9. The number of thiazole rings is 1. The van der Waals surface area contributed by atoms with Crippen molar-refractivity contribution in [1.29, 1.82) is 0 Å². The lowest BCUT2D eigenvalue weighted by atomic mass is 10.2. The maximum atomic E-state index is 5.23. The fraction of sp³-hybridized carbons (Fsp3) is 0.308. The molecule has 0 aliphatic rings. The Balaban J connectivity index is 2.02. The van der Waals surface area contributed by atoms with Crippen molar-refractivity contribution >= 4 is 17.0 Å². The number of benzene rings is 1. The van der Waals surface area contributed by atoms with Crippen LogP contribution in [0.4, 0.5) is 5.69 Å². The van der Waals surface area contributed by atoms with E-state index < -0.39 is 0 Å². The minimum atomic E-state index is 0.817. The normalized spacial score (nSPS) is 10.3. The number of methoxy groups -OCH3 is 1. The van der Waals surface area contributed by atoms with Crippen LogP contribution in [0.15, 0.2) is 24.4 Å². The van der Waals surface area contributed by atoms with Crippen molar-refractivity contribution in [2.45, 2.75) is 20.4 Å². The lowest BCUT2D eigenvalue weighted by Gasteiger charge is -2.08. The lowest BCUT2D eigenvalue weighted by Crippen LogP contribution is -1.98. The molecule has 90 valence electrons. The number of hydrogen-bond donors (Lipinski definition) is 1. The molecule has 2 rings (SSSR count). The molecule has 1 N–H and O–H groups in total. The summed E-state index contributed by atoms with van der Waals surface area (Å²) in [5, 5.41) is 4.49. The number of anilines is 1. The Kier molecular flexibility index (Phi) is 3.64. The van der Waals surface area contributed by atoms with Crippen molar-refractivity contribution in [3.05, 3.63) is 39.8 Å². The first-order valence-corrected chi connectivity index (χ1v) is 6.30. The molecule has 0 amide bonds. The van der Waals surface area contributed by atoms with Crippen LogP contribution in [0, 0.1) is 13.8 Å². The number of aromatic nitrogens is 1. The van der Waals surface area contributed by atoms with Crippen molar-refractivity contribution in [2.24, 2.45) is 0 Å². The topological polar surface area (TPSA) is 34.1 Å². The first-order valence-electron chi connectivity index (χ1n) is 5.49. The van der Waals surface area contributed by atoms with Gasteiger partial charge in [0.15, 0.2) is 0 Å². The summed E-state index contributed by atoms with van der Waals surface area (Å²) in [7, 11) is 1.69. The van der Waals surface area contributed by atoms with Crippen molar-refractivity contribution in [3.8, 4) is 5.75 Å². The van der Waals surface area contributed by atoms with Gasteiger partial charge >= 0.3 is 0 Å². The Labute approximate surface area is 105 Å². The highest BCUT2D eigenvalue weighted by atomic mass is 32.1. The summed E-state index contributed by atoms with van der Waals surface area (Å²) < 4.78 is 5.23. The lowest BCUT2D eigenvalue weighted by molar-refractivity contribution is 0.412. The number of ether oxygens (including phenoxy) is 1. The molecule has 0 spiro atoms. The predicted molar refractivity (Wildman–Crippen MR) is 71.9 cm³/mol. The van der Waals surface area contributed by atoms with Gasteiger partial charge in [0, 0.05) is 16.8 Å². The van der Waals surface area contributed by atoms with Crippen LogP contribution in [0.25, 0.3) is 0 Å². The van der Waals surface area contributed by atoms with E-state index in [9.17, 15) is 0 Å². The average molecular weight is 248 g/mol. The van der Waals surface area contributed by atoms with Crippen LogP contribution in [0.1, 0.15) is 15.4 Å². The molecule has 0 radical (unpaired) electrons. The number of nitrogens with one attached hydrogen (secondary N) is 1. The van der Waals surface area contributed by atoms with E-state index in [1.807, 2.05) is 32.2 Å². The summed E-state index contributed by atoms with van der Waals surface area (Å²) in [5.41, 5.74) is 2.24. The van der Waals surface area contributed by atoms with E-state index in [-0.39, 0.29) is 0 Å². The monoisotopic (exact) mass is 248 g/mol. The summed E-state index contributed by atoms with van der Waals surface area (Å²) in [6.07, 6.45) is 1.92. The summed E-state index contributed by atoms with van der Waals surface area (Å²) in [5.74, 6) is 0.921. The van der Waals surface area contributed by atoms with Crippen molar-refractivity contribution in [1.82, 2.24) is 4.98 Å². The molecule has 0 saturated carbocycles. The van der Waals surface area contributed by atoms with E-state index in [1.54, 1.807) is 18.4 Å². The molecule has 1 aromatic heterocycles. The van der Waals surface area contributed by atoms with Crippen LogP contribution in [-0.4, -0.2) is 12.1 Å². The molecule has 0 atom stereocenters. The Hall–Kier alpha value is -1.55. The van der Waals surface area contributed by atoms with E-state index in [0.717, 1.165) is 28.6 Å². The van der Waals surface area contributed by atoms with Gasteiger partial charge in [-0.3, -0.25) is 0 Å². The Morgan fingerprint density at radius 2 is 2.18 bits per heavy atom. The molecule has 0 bridgehead atoms. The molecule has 0 aliphatic heterocycles. The van der Waals surface area contributed by atoms with Gasteiger partial charge in [-0.1, -0.05) is 0 Å². The number of aryl methyl sites for hydroxylation is 2. The maximum Gasteiger partial charge on any atom is 0.121 e. The zero-order valence-electron chi connectivity index (χ0n) is 10.3. The Bertz CT molecular complexity index is 508. The van der Waals surface area contributed by atoms with Crippen LogP contribution < -0.4 is 10.1 Å². The quantitative estimate of drug-likeness (QED) is 0.900. The van der Waals surface area contributed by atoms with Crippen molar-refractivity contribution in [3.63, 3.8) is 0 Å². The van der Waals surface area contributed by atoms with E-state index in [1.165, 1.54) is 4.88 Å². The molecule has 2 aromatic rings. The van der Waals surface area contributed by atoms with E-state index >= 15 is 0 Å². The third-order valence-corrected chi connectivity index (χ3v) is 3.44. The molecule has 3 nitrogen and oxygen atoms in total. The van der Waals surface area contributed by atoms with Crippen LogP contribution >= 0.6 is 11.3 Å². The largest absolute Gasteiger partial charge is 0.496 e. The fourth-order valence-electron chi connectivity index (χ4n) is 1.66. The first-order chi connectivity index (χ1) is 8.19. The zero-order valence-corrected chi connectivity index (χ0v) is 11.1. The van der Waals surface area contributed by atoms with E-state index in [0.29, 0.717) is 0 Å². The van der Waals surface area contributed by atoms with Crippen LogP contribution in [0.2, 0.25) is 0 Å². The molecule has 4 heteroatoms. The molecular weight excluding hydrogens is 232 g/mol. The van der Waals surface area contributed by atoms with Crippen LogP contribution in [0.3, 0.4) is 0 Å². The highest BCUT2D eigenvalue weighted by molar-refractivity contribution is 7.11. The summed E-state index contributed by atoms with van der Waals surface area (Å²) >= 11 is 1.72. The minimum absolute atomic E-state index is 0.817. The van der Waals surface area contributed by atoms with Crippen LogP contribution in [-0.2, 0) is 6.54 Å². The second kappa shape index (κ2) is 5.19. The van der Waals surface area contributed by atoms with Gasteiger partial charge in [-0.05, 0) is 37.6 Å². The Morgan fingerprint density at radius 1 is 1.35 bits per heavy atom. The fourth-order valence-corrected chi connectivity index (χ4v) is 2.40. The van der Waals surface area contributed by atoms with Crippen molar-refractivity contribution in [2.75, 3.05) is 12.4 Å². The van der Waals surface area contributed by atoms with Crippen molar-refractivity contribution < 1.29 is 4.74 Å². The van der Waals surface area contributed by atoms with Crippen LogP contribution in [0.5, 0.6) is 5.75 Å². The molecule has 0 fully saturated rings. The van der Waals surface area contributed by atoms with E-state index in [2.05, 4.69) is 16.4 Å². The van der Waals surface area contributed by atoms with Gasteiger partial charge < -0.3 is 10.1 Å². The molecule has 1 heterocycles. The molecule has 17 heavy (non-hydrogen) atoms. The third kappa shape index (κ3) is 2.97. The zero-order chi connectivity index (χ0) is 12.3. The highest BCUT2D eigenvalue weighted by Crippen LogP contribution is 2.22. The summed E-state index contributed by atoms with van der Waals surface area (Å²) in [6, 6.07) is 6.10. The molecule has 1 aromatic carbocycles. The molecule has 0 saturated heterocycles. The van der Waals surface area contributed by atoms with Gasteiger partial charge in [0.05, 0.1) is 18.7 Å². The highest BCUT2D eigenvalue weighted by Gasteiger charge is 2.01. The predicted octanol–water partition coefficient (Wildman–Crippen LogP) is 3.38. The van der Waals surface area contributed by atoms with Gasteiger partial charge in [-0.25, -0.2) is 4.98 Å². The number of nitrogens with zero attached hydrogens (tertiary/aromatic N) is 1. The van der Waals surface area contributed by atoms with Gasteiger partial charge in [-0.15, -0.1) is 11.3 Å². The van der Waals surface area contributed by atoms with Gasteiger partial charge in [0.25, 0.3) is 0 Å². The SMILES string of the molecule is COc1ccc(NCc2cnc(C)s2)cc1C.